The molecule has 1 aliphatic carbocycles. The Kier molecular flexibility index (Phi) is 4.51. The molecule has 1 saturated carbocycles. The lowest BCUT2D eigenvalue weighted by Gasteiger charge is -2.22. The molecule has 1 aliphatic rings. The number of rotatable bonds is 6. The second-order valence-electron chi connectivity index (χ2n) is 5.52. The second-order valence-corrected chi connectivity index (χ2v) is 7.41. The van der Waals surface area contributed by atoms with Gasteiger partial charge in [-0.3, -0.25) is 0 Å². The minimum absolute atomic E-state index is 0.0352. The van der Waals surface area contributed by atoms with Crippen LogP contribution in [0.25, 0.3) is 0 Å². The summed E-state index contributed by atoms with van der Waals surface area (Å²) in [6, 6.07) is 6.03. The molecule has 0 bridgehead atoms. The van der Waals surface area contributed by atoms with Crippen LogP contribution in [0.15, 0.2) is 41.4 Å². The third-order valence-electron chi connectivity index (χ3n) is 3.85. The van der Waals surface area contributed by atoms with Crippen LogP contribution in [0.2, 0.25) is 0 Å². The number of pyridine rings is 1. The molecule has 1 aromatic carbocycles. The summed E-state index contributed by atoms with van der Waals surface area (Å²) in [7, 11) is -2.49. The molecule has 1 heterocycles. The largest absolute Gasteiger partial charge is 0.481 e. The van der Waals surface area contributed by atoms with E-state index in [0.29, 0.717) is 12.8 Å². The van der Waals surface area contributed by atoms with Crippen molar-refractivity contribution >= 4 is 10.0 Å². The van der Waals surface area contributed by atoms with Gasteiger partial charge >= 0.3 is 0 Å². The van der Waals surface area contributed by atoms with Crippen molar-refractivity contribution < 1.29 is 21.9 Å². The zero-order valence-corrected chi connectivity index (χ0v) is 13.8. The van der Waals surface area contributed by atoms with E-state index in [4.69, 9.17) is 4.74 Å². The van der Waals surface area contributed by atoms with Crippen LogP contribution in [-0.4, -0.2) is 30.9 Å². The zero-order chi connectivity index (χ0) is 17.3. The van der Waals surface area contributed by atoms with Gasteiger partial charge in [0.1, 0.15) is 16.5 Å². The third-order valence-corrected chi connectivity index (χ3v) is 5.74. The van der Waals surface area contributed by atoms with E-state index in [1.807, 2.05) is 0 Å². The van der Waals surface area contributed by atoms with E-state index in [9.17, 15) is 17.2 Å². The summed E-state index contributed by atoms with van der Waals surface area (Å²) in [4.78, 5) is 3.86. The van der Waals surface area contributed by atoms with Crippen LogP contribution in [0.5, 0.6) is 5.88 Å². The number of nitrogens with zero attached hydrogens (tertiary/aromatic N) is 2. The van der Waals surface area contributed by atoms with Gasteiger partial charge in [0.2, 0.25) is 15.9 Å². The smallest absolute Gasteiger partial charge is 0.245 e. The van der Waals surface area contributed by atoms with Crippen LogP contribution in [0.3, 0.4) is 0 Å². The monoisotopic (exact) mass is 354 g/mol. The molecule has 24 heavy (non-hydrogen) atoms. The first-order valence-electron chi connectivity index (χ1n) is 7.38. The molecular weight excluding hydrogens is 338 g/mol. The van der Waals surface area contributed by atoms with E-state index < -0.39 is 21.7 Å². The Labute approximate surface area is 138 Å². The predicted molar refractivity (Wildman–Crippen MR) is 82.9 cm³/mol. The molecule has 0 radical (unpaired) electrons. The predicted octanol–water partition coefficient (Wildman–Crippen LogP) is 2.72. The maximum Gasteiger partial charge on any atom is 0.245 e. The van der Waals surface area contributed by atoms with E-state index in [2.05, 4.69) is 4.98 Å². The molecule has 0 saturated heterocycles. The lowest BCUT2D eigenvalue weighted by molar-refractivity contribution is 0.381. The van der Waals surface area contributed by atoms with Crippen molar-refractivity contribution in [1.82, 2.24) is 9.29 Å². The van der Waals surface area contributed by atoms with Crippen LogP contribution >= 0.6 is 0 Å². The molecule has 1 aromatic heterocycles. The van der Waals surface area contributed by atoms with Gasteiger partial charge in [0.25, 0.3) is 0 Å². The van der Waals surface area contributed by atoms with Crippen LogP contribution in [-0.2, 0) is 16.6 Å². The average molecular weight is 354 g/mol. The highest BCUT2D eigenvalue weighted by Crippen LogP contribution is 2.34. The number of ether oxygens (including phenoxy) is 1. The van der Waals surface area contributed by atoms with Crippen molar-refractivity contribution in [3.05, 3.63) is 53.7 Å². The third kappa shape index (κ3) is 3.25. The fourth-order valence-electron chi connectivity index (χ4n) is 2.39. The Morgan fingerprint density at radius 1 is 1.21 bits per heavy atom. The Balaban J connectivity index is 1.95. The summed E-state index contributed by atoms with van der Waals surface area (Å²) in [6.07, 6.45) is 2.51. The SMILES string of the molecule is COc1ccc(S(=O)(=O)N(Cc2c(F)cccc2F)C2CC2)cn1. The topological polar surface area (TPSA) is 59.5 Å². The standard InChI is InChI=1S/C16H16F2N2O3S/c1-23-16-8-7-12(9-19-16)24(21,22)20(11-5-6-11)10-13-14(17)3-2-4-15(13)18/h2-4,7-9,11H,5-6,10H2,1H3. The van der Waals surface area contributed by atoms with Crippen LogP contribution < -0.4 is 4.74 Å². The fourth-order valence-corrected chi connectivity index (χ4v) is 3.99. The number of aromatic nitrogens is 1. The van der Waals surface area contributed by atoms with Crippen molar-refractivity contribution in [2.45, 2.75) is 30.3 Å². The maximum absolute atomic E-state index is 13.9. The molecule has 128 valence electrons. The summed E-state index contributed by atoms with van der Waals surface area (Å²) in [5.41, 5.74) is -0.255. The molecule has 0 atom stereocenters. The minimum atomic E-state index is -3.91. The van der Waals surface area contributed by atoms with Gasteiger partial charge in [0.15, 0.2) is 0 Å². The number of halogens is 2. The highest BCUT2D eigenvalue weighted by molar-refractivity contribution is 7.89. The number of hydrogen-bond acceptors (Lipinski definition) is 4. The second kappa shape index (κ2) is 6.45. The van der Waals surface area contributed by atoms with Gasteiger partial charge in [0, 0.05) is 24.2 Å². The Morgan fingerprint density at radius 3 is 2.38 bits per heavy atom. The maximum atomic E-state index is 13.9. The Bertz CT molecular complexity index is 817. The van der Waals surface area contributed by atoms with Crippen molar-refractivity contribution in [3.8, 4) is 5.88 Å². The van der Waals surface area contributed by atoms with Crippen LogP contribution in [0.4, 0.5) is 8.78 Å². The van der Waals surface area contributed by atoms with Crippen molar-refractivity contribution in [2.24, 2.45) is 0 Å². The van der Waals surface area contributed by atoms with Crippen molar-refractivity contribution in [2.75, 3.05) is 7.11 Å². The van der Waals surface area contributed by atoms with Crippen molar-refractivity contribution in [3.63, 3.8) is 0 Å². The normalized spacial score (nSPS) is 14.8. The lowest BCUT2D eigenvalue weighted by atomic mass is 10.2. The highest BCUT2D eigenvalue weighted by Gasteiger charge is 2.39. The highest BCUT2D eigenvalue weighted by atomic mass is 32.2. The quantitative estimate of drug-likeness (QED) is 0.800. The first-order chi connectivity index (χ1) is 11.4. The lowest BCUT2D eigenvalue weighted by Crippen LogP contribution is -2.33. The molecule has 8 heteroatoms. The van der Waals surface area contributed by atoms with Gasteiger partial charge < -0.3 is 4.74 Å². The molecule has 0 aliphatic heterocycles. The first kappa shape index (κ1) is 16.8. The molecule has 1 fully saturated rings. The molecule has 0 N–H and O–H groups in total. The van der Waals surface area contributed by atoms with Gasteiger partial charge in [-0.05, 0) is 31.0 Å². The minimum Gasteiger partial charge on any atom is -0.481 e. The zero-order valence-electron chi connectivity index (χ0n) is 12.9. The van der Waals surface area contributed by atoms with Gasteiger partial charge in [-0.1, -0.05) is 6.07 Å². The van der Waals surface area contributed by atoms with E-state index in [0.717, 1.165) is 16.4 Å². The van der Waals surface area contributed by atoms with E-state index in [1.165, 1.54) is 31.5 Å². The van der Waals surface area contributed by atoms with Crippen LogP contribution in [0.1, 0.15) is 18.4 Å². The summed E-state index contributed by atoms with van der Waals surface area (Å²) in [6.45, 7) is -0.350. The Morgan fingerprint density at radius 2 is 1.88 bits per heavy atom. The van der Waals surface area contributed by atoms with Gasteiger partial charge in [-0.25, -0.2) is 22.2 Å². The first-order valence-corrected chi connectivity index (χ1v) is 8.82. The molecule has 3 rings (SSSR count). The molecule has 0 spiro atoms. The number of benzene rings is 1. The molecule has 2 aromatic rings. The van der Waals surface area contributed by atoms with Gasteiger partial charge in [0.05, 0.1) is 13.3 Å². The molecular formula is C16H16F2N2O3S. The Hall–Kier alpha value is -2.06. The molecule has 0 unspecified atom stereocenters. The molecule has 0 amide bonds. The number of methoxy groups -OCH3 is 1. The number of hydrogen-bond donors (Lipinski definition) is 0. The van der Waals surface area contributed by atoms with E-state index in [1.54, 1.807) is 0 Å². The van der Waals surface area contributed by atoms with Crippen LogP contribution in [0, 0.1) is 11.6 Å². The van der Waals surface area contributed by atoms with Gasteiger partial charge in [-0.15, -0.1) is 0 Å². The number of sulfonamides is 1. The van der Waals surface area contributed by atoms with E-state index >= 15 is 0 Å². The fraction of sp³-hybridized carbons (Fsp3) is 0.312. The van der Waals surface area contributed by atoms with E-state index in [-0.39, 0.29) is 28.9 Å². The summed E-state index contributed by atoms with van der Waals surface area (Å²) >= 11 is 0. The summed E-state index contributed by atoms with van der Waals surface area (Å²) in [5.74, 6) is -1.24. The summed E-state index contributed by atoms with van der Waals surface area (Å²) < 4.78 is 59.5. The molecule has 5 nitrogen and oxygen atoms in total. The van der Waals surface area contributed by atoms with Gasteiger partial charge in [-0.2, -0.15) is 4.31 Å². The summed E-state index contributed by atoms with van der Waals surface area (Å²) in [5, 5.41) is 0. The van der Waals surface area contributed by atoms with Crippen molar-refractivity contribution in [1.29, 1.82) is 0 Å². The average Bonchev–Trinajstić information content (AvgIpc) is 3.39.